The van der Waals surface area contributed by atoms with E-state index in [-0.39, 0.29) is 0 Å². The van der Waals surface area contributed by atoms with Crippen molar-refractivity contribution in [1.29, 1.82) is 0 Å². The van der Waals surface area contributed by atoms with Crippen LogP contribution in [0.15, 0.2) is 24.3 Å². The van der Waals surface area contributed by atoms with Crippen LogP contribution in [0.1, 0.15) is 31.9 Å². The molecule has 0 saturated heterocycles. The van der Waals surface area contributed by atoms with Crippen molar-refractivity contribution < 1.29 is 9.47 Å². The first-order valence-electron chi connectivity index (χ1n) is 7.82. The molecule has 0 fully saturated rings. The zero-order chi connectivity index (χ0) is 15.5. The Labute approximate surface area is 129 Å². The Morgan fingerprint density at radius 3 is 2.00 bits per heavy atom. The van der Waals surface area contributed by atoms with Crippen LogP contribution in [0.2, 0.25) is 0 Å². The van der Waals surface area contributed by atoms with E-state index in [0.717, 1.165) is 39.3 Å². The van der Waals surface area contributed by atoms with E-state index in [1.165, 1.54) is 11.3 Å². The van der Waals surface area contributed by atoms with Gasteiger partial charge in [0.15, 0.2) is 0 Å². The Morgan fingerprint density at radius 2 is 1.57 bits per heavy atom. The van der Waals surface area contributed by atoms with E-state index in [9.17, 15) is 0 Å². The maximum Gasteiger partial charge on any atom is 0.0637 e. The van der Waals surface area contributed by atoms with Gasteiger partial charge in [0.25, 0.3) is 0 Å². The minimum atomic E-state index is 0.440. The van der Waals surface area contributed by atoms with Crippen LogP contribution < -0.4 is 10.2 Å². The topological polar surface area (TPSA) is 33.7 Å². The lowest BCUT2D eigenvalue weighted by atomic mass is 10.0. The molecule has 0 bridgehead atoms. The highest BCUT2D eigenvalue weighted by molar-refractivity contribution is 5.48. The summed E-state index contributed by atoms with van der Waals surface area (Å²) in [6, 6.07) is 9.27. The van der Waals surface area contributed by atoms with Crippen molar-refractivity contribution >= 4 is 5.69 Å². The molecule has 1 unspecified atom stereocenters. The average Bonchev–Trinajstić information content (AvgIpc) is 2.53. The van der Waals surface area contributed by atoms with Crippen molar-refractivity contribution in [3.63, 3.8) is 0 Å². The van der Waals surface area contributed by atoms with E-state index >= 15 is 0 Å². The SMILES string of the molecule is CCNC(CC)c1ccc(N(CCOC)CCOC)cc1. The van der Waals surface area contributed by atoms with Gasteiger partial charge < -0.3 is 19.7 Å². The summed E-state index contributed by atoms with van der Waals surface area (Å²) in [7, 11) is 3.47. The van der Waals surface area contributed by atoms with E-state index in [0.29, 0.717) is 6.04 Å². The molecule has 1 atom stereocenters. The van der Waals surface area contributed by atoms with Gasteiger partial charge in [0.05, 0.1) is 13.2 Å². The monoisotopic (exact) mass is 294 g/mol. The van der Waals surface area contributed by atoms with Crippen molar-refractivity contribution in [3.8, 4) is 0 Å². The molecule has 21 heavy (non-hydrogen) atoms. The van der Waals surface area contributed by atoms with Gasteiger partial charge in [-0.1, -0.05) is 26.0 Å². The van der Waals surface area contributed by atoms with Crippen molar-refractivity contribution in [2.45, 2.75) is 26.3 Å². The van der Waals surface area contributed by atoms with E-state index in [2.05, 4.69) is 48.3 Å². The molecule has 0 heterocycles. The molecule has 4 nitrogen and oxygen atoms in total. The summed E-state index contributed by atoms with van der Waals surface area (Å²) in [5.74, 6) is 0. The number of ether oxygens (including phenoxy) is 2. The van der Waals surface area contributed by atoms with Gasteiger partial charge in [-0.2, -0.15) is 0 Å². The highest BCUT2D eigenvalue weighted by Crippen LogP contribution is 2.21. The van der Waals surface area contributed by atoms with Gasteiger partial charge in [-0.25, -0.2) is 0 Å². The molecule has 0 aliphatic heterocycles. The van der Waals surface area contributed by atoms with Crippen LogP contribution in [0.4, 0.5) is 5.69 Å². The predicted molar refractivity (Wildman–Crippen MR) is 89.1 cm³/mol. The molecule has 0 aromatic heterocycles. The molecule has 0 amide bonds. The fourth-order valence-corrected chi connectivity index (χ4v) is 2.43. The third-order valence-electron chi connectivity index (χ3n) is 3.65. The Morgan fingerprint density at radius 1 is 1.00 bits per heavy atom. The van der Waals surface area contributed by atoms with Crippen LogP contribution in [0.25, 0.3) is 0 Å². The van der Waals surface area contributed by atoms with Crippen LogP contribution in [0.3, 0.4) is 0 Å². The molecule has 0 spiro atoms. The Hall–Kier alpha value is -1.10. The molecule has 120 valence electrons. The second-order valence-corrected chi connectivity index (χ2v) is 5.08. The number of benzene rings is 1. The van der Waals surface area contributed by atoms with Crippen LogP contribution in [0.5, 0.6) is 0 Å². The van der Waals surface area contributed by atoms with Gasteiger partial charge in [0.1, 0.15) is 0 Å². The zero-order valence-electron chi connectivity index (χ0n) is 13.9. The van der Waals surface area contributed by atoms with Crippen LogP contribution >= 0.6 is 0 Å². The lowest BCUT2D eigenvalue weighted by molar-refractivity contribution is 0.190. The molecule has 1 rings (SSSR count). The molecule has 1 N–H and O–H groups in total. The molecule has 0 aliphatic rings. The number of nitrogens with one attached hydrogen (secondary N) is 1. The molecule has 1 aromatic carbocycles. The van der Waals surface area contributed by atoms with Gasteiger partial charge in [-0.15, -0.1) is 0 Å². The Kier molecular flexibility index (Phi) is 9.06. The molecule has 0 radical (unpaired) electrons. The first-order chi connectivity index (χ1) is 10.3. The van der Waals surface area contributed by atoms with E-state index in [4.69, 9.17) is 9.47 Å². The summed E-state index contributed by atoms with van der Waals surface area (Å²) in [4.78, 5) is 2.30. The first-order valence-corrected chi connectivity index (χ1v) is 7.82. The minimum absolute atomic E-state index is 0.440. The molecule has 0 aliphatic carbocycles. The van der Waals surface area contributed by atoms with Crippen molar-refractivity contribution in [2.24, 2.45) is 0 Å². The normalized spacial score (nSPS) is 12.4. The molecular weight excluding hydrogens is 264 g/mol. The van der Waals surface area contributed by atoms with Gasteiger partial charge in [-0.05, 0) is 30.7 Å². The molecular formula is C17H30N2O2. The highest BCUT2D eigenvalue weighted by atomic mass is 16.5. The van der Waals surface area contributed by atoms with Gasteiger partial charge in [0.2, 0.25) is 0 Å². The maximum absolute atomic E-state index is 5.19. The predicted octanol–water partition coefficient (Wildman–Crippen LogP) is 2.85. The number of anilines is 1. The van der Waals surface area contributed by atoms with E-state index < -0.39 is 0 Å². The quantitative estimate of drug-likeness (QED) is 0.680. The third kappa shape index (κ3) is 6.04. The summed E-state index contributed by atoms with van der Waals surface area (Å²) >= 11 is 0. The average molecular weight is 294 g/mol. The van der Waals surface area contributed by atoms with E-state index in [1.54, 1.807) is 14.2 Å². The standard InChI is InChI=1S/C17H30N2O2/c1-5-17(18-6-2)15-7-9-16(10-8-15)19(11-13-20-3)12-14-21-4/h7-10,17-18H,5-6,11-14H2,1-4H3. The molecule has 1 aromatic rings. The highest BCUT2D eigenvalue weighted by Gasteiger charge is 2.10. The third-order valence-corrected chi connectivity index (χ3v) is 3.65. The number of hydrogen-bond donors (Lipinski definition) is 1. The number of rotatable bonds is 11. The van der Waals surface area contributed by atoms with Crippen molar-refractivity contribution in [1.82, 2.24) is 5.32 Å². The summed E-state index contributed by atoms with van der Waals surface area (Å²) in [6.07, 6.45) is 1.10. The molecule has 4 heteroatoms. The van der Waals surface area contributed by atoms with E-state index in [1.807, 2.05) is 0 Å². The second-order valence-electron chi connectivity index (χ2n) is 5.08. The fourth-order valence-electron chi connectivity index (χ4n) is 2.43. The summed E-state index contributed by atoms with van der Waals surface area (Å²) in [5.41, 5.74) is 2.57. The maximum atomic E-state index is 5.19. The first kappa shape index (κ1) is 18.0. The number of methoxy groups -OCH3 is 2. The van der Waals surface area contributed by atoms with Gasteiger partial charge >= 0.3 is 0 Å². The van der Waals surface area contributed by atoms with Crippen molar-refractivity contribution in [3.05, 3.63) is 29.8 Å². The van der Waals surface area contributed by atoms with Crippen LogP contribution in [-0.4, -0.2) is 47.1 Å². The Balaban J connectivity index is 2.75. The molecule has 0 saturated carbocycles. The minimum Gasteiger partial charge on any atom is -0.383 e. The fraction of sp³-hybridized carbons (Fsp3) is 0.647. The van der Waals surface area contributed by atoms with Crippen LogP contribution in [-0.2, 0) is 9.47 Å². The largest absolute Gasteiger partial charge is 0.383 e. The summed E-state index contributed by atoms with van der Waals surface area (Å²) in [5, 5.41) is 3.51. The smallest absolute Gasteiger partial charge is 0.0637 e. The van der Waals surface area contributed by atoms with Crippen LogP contribution in [0, 0.1) is 0 Å². The summed E-state index contributed by atoms with van der Waals surface area (Å²) < 4.78 is 10.4. The van der Waals surface area contributed by atoms with Gasteiger partial charge in [0, 0.05) is 39.0 Å². The Bertz CT molecular complexity index is 360. The lowest BCUT2D eigenvalue weighted by Crippen LogP contribution is -2.30. The number of hydrogen-bond acceptors (Lipinski definition) is 4. The second kappa shape index (κ2) is 10.6. The lowest BCUT2D eigenvalue weighted by Gasteiger charge is -2.25. The zero-order valence-corrected chi connectivity index (χ0v) is 13.9. The number of nitrogens with zero attached hydrogens (tertiary/aromatic N) is 1. The van der Waals surface area contributed by atoms with Crippen molar-refractivity contribution in [2.75, 3.05) is 52.0 Å². The van der Waals surface area contributed by atoms with Gasteiger partial charge in [-0.3, -0.25) is 0 Å². The summed E-state index contributed by atoms with van der Waals surface area (Å²) in [6.45, 7) is 8.56.